The van der Waals surface area contributed by atoms with Crippen molar-refractivity contribution in [2.45, 2.75) is 18.9 Å². The number of anilines is 1. The average Bonchev–Trinajstić information content (AvgIpc) is 3.23. The Hall–Kier alpha value is -3.68. The molecule has 0 spiro atoms. The van der Waals surface area contributed by atoms with Crippen LogP contribution in [0.2, 0.25) is 0 Å². The number of amides is 3. The number of nitrogens with zero attached hydrogens (tertiary/aromatic N) is 3. The van der Waals surface area contributed by atoms with Gasteiger partial charge in [-0.15, -0.1) is 0 Å². The highest BCUT2D eigenvalue weighted by atomic mass is 19.1. The number of benzene rings is 2. The van der Waals surface area contributed by atoms with Crippen molar-refractivity contribution in [2.75, 3.05) is 18.4 Å². The SMILES string of the molecule is Cn1ccnc1C(NC(=O)C1CCN(C(=O)Nc2ccccc2)CC1)c1cccc(F)c1. The third-order valence-corrected chi connectivity index (χ3v) is 5.76. The van der Waals surface area contributed by atoms with Gasteiger partial charge in [0.2, 0.25) is 5.91 Å². The molecule has 4 rings (SSSR count). The second kappa shape index (κ2) is 9.64. The van der Waals surface area contributed by atoms with Crippen LogP contribution in [-0.4, -0.2) is 39.5 Å². The Balaban J connectivity index is 1.39. The molecule has 32 heavy (non-hydrogen) atoms. The van der Waals surface area contributed by atoms with Gasteiger partial charge >= 0.3 is 6.03 Å². The Morgan fingerprint density at radius 1 is 1.09 bits per heavy atom. The lowest BCUT2D eigenvalue weighted by atomic mass is 9.95. The fraction of sp³-hybridized carbons (Fsp3) is 0.292. The number of aromatic nitrogens is 2. The molecule has 0 saturated carbocycles. The van der Waals surface area contributed by atoms with Gasteiger partial charge in [0.15, 0.2) is 0 Å². The Kier molecular flexibility index (Phi) is 6.49. The largest absolute Gasteiger partial charge is 0.342 e. The summed E-state index contributed by atoms with van der Waals surface area (Å²) in [6.07, 6.45) is 4.56. The van der Waals surface area contributed by atoms with Crippen molar-refractivity contribution < 1.29 is 14.0 Å². The molecule has 1 aliphatic heterocycles. The second-order valence-corrected chi connectivity index (χ2v) is 7.95. The number of hydrogen-bond donors (Lipinski definition) is 2. The van der Waals surface area contributed by atoms with E-state index < -0.39 is 6.04 Å². The maximum Gasteiger partial charge on any atom is 0.321 e. The summed E-state index contributed by atoms with van der Waals surface area (Å²) in [6.45, 7) is 0.980. The highest BCUT2D eigenvalue weighted by Gasteiger charge is 2.30. The van der Waals surface area contributed by atoms with Gasteiger partial charge in [0.25, 0.3) is 0 Å². The predicted molar refractivity (Wildman–Crippen MR) is 119 cm³/mol. The van der Waals surface area contributed by atoms with Gasteiger partial charge in [-0.2, -0.15) is 0 Å². The van der Waals surface area contributed by atoms with Crippen LogP contribution < -0.4 is 10.6 Å². The summed E-state index contributed by atoms with van der Waals surface area (Å²) in [5.41, 5.74) is 1.37. The van der Waals surface area contributed by atoms with Crippen LogP contribution in [0.1, 0.15) is 30.3 Å². The molecule has 1 fully saturated rings. The van der Waals surface area contributed by atoms with Crippen LogP contribution in [0.25, 0.3) is 0 Å². The molecule has 3 aromatic rings. The molecule has 2 N–H and O–H groups in total. The summed E-state index contributed by atoms with van der Waals surface area (Å²) in [5, 5.41) is 5.93. The minimum Gasteiger partial charge on any atom is -0.342 e. The van der Waals surface area contributed by atoms with Crippen molar-refractivity contribution in [1.82, 2.24) is 19.8 Å². The summed E-state index contributed by atoms with van der Waals surface area (Å²) in [5.74, 6) is -0.0881. The number of piperidine rings is 1. The molecular formula is C24H26FN5O2. The van der Waals surface area contributed by atoms with Crippen molar-refractivity contribution in [1.29, 1.82) is 0 Å². The second-order valence-electron chi connectivity index (χ2n) is 7.95. The lowest BCUT2D eigenvalue weighted by Gasteiger charge is -2.32. The van der Waals surface area contributed by atoms with E-state index in [0.717, 1.165) is 5.69 Å². The van der Waals surface area contributed by atoms with E-state index in [1.165, 1.54) is 12.1 Å². The standard InChI is InChI=1S/C24H26FN5O2/c1-29-15-12-26-22(29)21(18-6-5-7-19(25)16-18)28-23(31)17-10-13-30(14-11-17)24(32)27-20-8-3-2-4-9-20/h2-9,12,15-17,21H,10-11,13-14H2,1H3,(H,27,32)(H,28,31). The number of rotatable bonds is 5. The molecule has 1 saturated heterocycles. The number of carbonyl (C=O) groups is 2. The Labute approximate surface area is 186 Å². The van der Waals surface area contributed by atoms with Crippen LogP contribution in [0.4, 0.5) is 14.9 Å². The van der Waals surface area contributed by atoms with Crippen LogP contribution in [-0.2, 0) is 11.8 Å². The van der Waals surface area contributed by atoms with Gasteiger partial charge in [-0.25, -0.2) is 14.2 Å². The Morgan fingerprint density at radius 3 is 2.50 bits per heavy atom. The van der Waals surface area contributed by atoms with Crippen LogP contribution >= 0.6 is 0 Å². The number of para-hydroxylation sites is 1. The fourth-order valence-electron chi connectivity index (χ4n) is 3.97. The normalized spacial score (nSPS) is 15.2. The zero-order chi connectivity index (χ0) is 22.5. The number of hydrogen-bond acceptors (Lipinski definition) is 3. The molecule has 0 bridgehead atoms. The first kappa shape index (κ1) is 21.5. The molecule has 2 aromatic carbocycles. The van der Waals surface area contributed by atoms with Crippen molar-refractivity contribution in [3.05, 3.63) is 84.2 Å². The molecule has 1 aromatic heterocycles. The van der Waals surface area contributed by atoms with E-state index in [0.29, 0.717) is 37.3 Å². The molecule has 0 radical (unpaired) electrons. The van der Waals surface area contributed by atoms with Gasteiger partial charge in [-0.3, -0.25) is 4.79 Å². The van der Waals surface area contributed by atoms with Crippen LogP contribution in [0.15, 0.2) is 67.0 Å². The van der Waals surface area contributed by atoms with Gasteiger partial charge in [-0.05, 0) is 42.7 Å². The first-order chi connectivity index (χ1) is 15.5. The third kappa shape index (κ3) is 4.96. The lowest BCUT2D eigenvalue weighted by Crippen LogP contribution is -2.45. The Bertz CT molecular complexity index is 1080. The topological polar surface area (TPSA) is 79.3 Å². The van der Waals surface area contributed by atoms with Gasteiger partial charge in [-0.1, -0.05) is 30.3 Å². The zero-order valence-electron chi connectivity index (χ0n) is 17.9. The van der Waals surface area contributed by atoms with E-state index in [4.69, 9.17) is 0 Å². The van der Waals surface area contributed by atoms with E-state index in [-0.39, 0.29) is 23.7 Å². The minimum atomic E-state index is -0.558. The van der Waals surface area contributed by atoms with Gasteiger partial charge in [0.1, 0.15) is 17.7 Å². The molecule has 1 atom stereocenters. The summed E-state index contributed by atoms with van der Waals surface area (Å²) < 4.78 is 15.7. The smallest absolute Gasteiger partial charge is 0.321 e. The summed E-state index contributed by atoms with van der Waals surface area (Å²) in [6, 6.07) is 14.7. The zero-order valence-corrected chi connectivity index (χ0v) is 17.9. The number of imidazole rings is 1. The molecule has 2 heterocycles. The van der Waals surface area contributed by atoms with Crippen molar-refractivity contribution >= 4 is 17.6 Å². The highest BCUT2D eigenvalue weighted by molar-refractivity contribution is 5.89. The highest BCUT2D eigenvalue weighted by Crippen LogP contribution is 2.24. The van der Waals surface area contributed by atoms with Crippen molar-refractivity contribution in [3.63, 3.8) is 0 Å². The maximum atomic E-state index is 13.9. The molecule has 0 aliphatic carbocycles. The number of nitrogens with one attached hydrogen (secondary N) is 2. The first-order valence-electron chi connectivity index (χ1n) is 10.7. The lowest BCUT2D eigenvalue weighted by molar-refractivity contribution is -0.126. The summed E-state index contributed by atoms with van der Waals surface area (Å²) in [4.78, 5) is 31.7. The number of halogens is 1. The van der Waals surface area contributed by atoms with E-state index in [1.54, 1.807) is 29.4 Å². The summed E-state index contributed by atoms with van der Waals surface area (Å²) >= 11 is 0. The molecular weight excluding hydrogens is 409 g/mol. The number of likely N-dealkylation sites (tertiary alicyclic amines) is 1. The molecule has 166 valence electrons. The van der Waals surface area contributed by atoms with E-state index in [2.05, 4.69) is 15.6 Å². The number of urea groups is 1. The van der Waals surface area contributed by atoms with Gasteiger partial charge < -0.3 is 20.1 Å². The van der Waals surface area contributed by atoms with Crippen molar-refractivity contribution in [2.24, 2.45) is 13.0 Å². The van der Waals surface area contributed by atoms with E-state index in [9.17, 15) is 14.0 Å². The molecule has 3 amide bonds. The summed E-state index contributed by atoms with van der Waals surface area (Å²) in [7, 11) is 1.84. The third-order valence-electron chi connectivity index (χ3n) is 5.76. The number of carbonyl (C=O) groups excluding carboxylic acids is 2. The molecule has 1 unspecified atom stereocenters. The quantitative estimate of drug-likeness (QED) is 0.641. The van der Waals surface area contributed by atoms with Crippen LogP contribution in [0.5, 0.6) is 0 Å². The first-order valence-corrected chi connectivity index (χ1v) is 10.7. The monoisotopic (exact) mass is 435 g/mol. The number of aryl methyl sites for hydroxylation is 1. The maximum absolute atomic E-state index is 13.9. The fourth-order valence-corrected chi connectivity index (χ4v) is 3.97. The van der Waals surface area contributed by atoms with Gasteiger partial charge in [0.05, 0.1) is 0 Å². The average molecular weight is 436 g/mol. The molecule has 1 aliphatic rings. The molecule has 7 nitrogen and oxygen atoms in total. The Morgan fingerprint density at radius 2 is 1.84 bits per heavy atom. The van der Waals surface area contributed by atoms with Crippen LogP contribution in [0, 0.1) is 11.7 Å². The van der Waals surface area contributed by atoms with Crippen LogP contribution in [0.3, 0.4) is 0 Å². The van der Waals surface area contributed by atoms with E-state index >= 15 is 0 Å². The minimum absolute atomic E-state index is 0.120. The van der Waals surface area contributed by atoms with Crippen molar-refractivity contribution in [3.8, 4) is 0 Å². The van der Waals surface area contributed by atoms with E-state index in [1.807, 2.05) is 41.9 Å². The molecule has 8 heteroatoms. The van der Waals surface area contributed by atoms with Gasteiger partial charge in [0, 0.05) is 44.1 Å². The predicted octanol–water partition coefficient (Wildman–Crippen LogP) is 3.71.